The number of hydrogen-bond donors (Lipinski definition) is 2. The number of halogens is 1. The number of benzene rings is 2. The first-order chi connectivity index (χ1) is 12.2. The standard InChI is InChI=1S/C18H12ClN5O/c1-25-11-2-3-13(19)15(4-11)24-18-10(7-20)8-21-14-6-17-16(5-12(14)18)22-9-23-17/h2-6,8-9,21,24H,1H3. The Balaban J connectivity index is 1.94. The van der Waals surface area contributed by atoms with E-state index in [2.05, 4.69) is 26.3 Å². The van der Waals surface area contributed by atoms with Gasteiger partial charge < -0.3 is 15.0 Å². The van der Waals surface area contributed by atoms with E-state index in [9.17, 15) is 5.26 Å². The Morgan fingerprint density at radius 1 is 1.20 bits per heavy atom. The molecule has 0 aliphatic rings. The van der Waals surface area contributed by atoms with E-state index in [1.807, 2.05) is 12.1 Å². The Morgan fingerprint density at radius 2 is 2.00 bits per heavy atom. The number of aromatic amines is 1. The van der Waals surface area contributed by atoms with Crippen LogP contribution in [0.15, 0.2) is 42.9 Å². The number of nitriles is 1. The van der Waals surface area contributed by atoms with Crippen molar-refractivity contribution >= 4 is 44.9 Å². The number of H-pyrrole nitrogens is 1. The van der Waals surface area contributed by atoms with E-state index in [1.54, 1.807) is 31.5 Å². The lowest BCUT2D eigenvalue weighted by Gasteiger charge is -2.14. The van der Waals surface area contributed by atoms with E-state index < -0.39 is 0 Å². The van der Waals surface area contributed by atoms with Gasteiger partial charge in [-0.3, -0.25) is 0 Å². The van der Waals surface area contributed by atoms with Crippen LogP contribution in [0, 0.1) is 11.3 Å². The predicted octanol–water partition coefficient (Wildman–Crippen LogP) is 4.39. The number of anilines is 2. The summed E-state index contributed by atoms with van der Waals surface area (Å²) in [7, 11) is 1.59. The smallest absolute Gasteiger partial charge is 0.121 e. The third-order valence-electron chi connectivity index (χ3n) is 3.97. The number of imidazole rings is 1. The summed E-state index contributed by atoms with van der Waals surface area (Å²) in [6.07, 6.45) is 3.17. The molecular formula is C18H12ClN5O. The Labute approximate surface area is 148 Å². The molecule has 6 nitrogen and oxygen atoms in total. The van der Waals surface area contributed by atoms with Gasteiger partial charge in [0.2, 0.25) is 0 Å². The number of ether oxygens (including phenoxy) is 1. The van der Waals surface area contributed by atoms with Crippen molar-refractivity contribution in [3.05, 3.63) is 53.4 Å². The highest BCUT2D eigenvalue weighted by molar-refractivity contribution is 6.33. The SMILES string of the molecule is COc1ccc(Cl)c(Nc2c(C#N)c[nH]c3cc4ncnc4cc23)c1. The molecule has 0 amide bonds. The van der Waals surface area contributed by atoms with E-state index in [4.69, 9.17) is 16.3 Å². The minimum atomic E-state index is 0.463. The second kappa shape index (κ2) is 5.96. The maximum Gasteiger partial charge on any atom is 0.121 e. The minimum Gasteiger partial charge on any atom is -0.497 e. The monoisotopic (exact) mass is 349 g/mol. The molecule has 2 aromatic heterocycles. The summed E-state index contributed by atoms with van der Waals surface area (Å²) in [5.41, 5.74) is 4.16. The number of fused-ring (bicyclic) bond motifs is 2. The van der Waals surface area contributed by atoms with Gasteiger partial charge in [-0.1, -0.05) is 11.6 Å². The van der Waals surface area contributed by atoms with Crippen LogP contribution < -0.4 is 10.1 Å². The first kappa shape index (κ1) is 15.2. The summed E-state index contributed by atoms with van der Waals surface area (Å²) < 4.78 is 5.25. The normalized spacial score (nSPS) is 10.8. The average molecular weight is 350 g/mol. The maximum atomic E-state index is 9.50. The van der Waals surface area contributed by atoms with Crippen molar-refractivity contribution in [2.75, 3.05) is 12.4 Å². The van der Waals surface area contributed by atoms with Gasteiger partial charge in [-0.25, -0.2) is 9.97 Å². The fraction of sp³-hybridized carbons (Fsp3) is 0.0556. The van der Waals surface area contributed by atoms with Crippen molar-refractivity contribution in [1.82, 2.24) is 15.0 Å². The van der Waals surface area contributed by atoms with Crippen LogP contribution in [0.4, 0.5) is 11.4 Å². The lowest BCUT2D eigenvalue weighted by molar-refractivity contribution is 0.415. The summed E-state index contributed by atoms with van der Waals surface area (Å²) in [5.74, 6) is 0.668. The van der Waals surface area contributed by atoms with Crippen molar-refractivity contribution in [2.24, 2.45) is 0 Å². The molecule has 0 spiro atoms. The van der Waals surface area contributed by atoms with Gasteiger partial charge in [0.1, 0.15) is 18.1 Å². The Bertz CT molecular complexity index is 1150. The number of pyridine rings is 1. The van der Waals surface area contributed by atoms with Crippen molar-refractivity contribution in [3.63, 3.8) is 0 Å². The van der Waals surface area contributed by atoms with Gasteiger partial charge in [0, 0.05) is 23.2 Å². The molecule has 0 bridgehead atoms. The number of nitrogens with one attached hydrogen (secondary N) is 2. The molecule has 0 atom stereocenters. The highest BCUT2D eigenvalue weighted by Gasteiger charge is 2.13. The van der Waals surface area contributed by atoms with Gasteiger partial charge in [0.25, 0.3) is 0 Å². The molecule has 4 rings (SSSR count). The van der Waals surface area contributed by atoms with Crippen LogP contribution in [0.3, 0.4) is 0 Å². The third-order valence-corrected chi connectivity index (χ3v) is 4.30. The van der Waals surface area contributed by atoms with Crippen LogP contribution in [0.25, 0.3) is 21.9 Å². The van der Waals surface area contributed by atoms with E-state index in [-0.39, 0.29) is 0 Å². The molecule has 0 radical (unpaired) electrons. The maximum absolute atomic E-state index is 9.50. The third kappa shape index (κ3) is 2.61. The number of rotatable bonds is 3. The fourth-order valence-corrected chi connectivity index (χ4v) is 2.88. The fourth-order valence-electron chi connectivity index (χ4n) is 2.71. The molecule has 0 unspecified atom stereocenters. The van der Waals surface area contributed by atoms with E-state index in [1.165, 1.54) is 6.33 Å². The number of aromatic nitrogens is 3. The lowest BCUT2D eigenvalue weighted by atomic mass is 10.1. The lowest BCUT2D eigenvalue weighted by Crippen LogP contribution is -1.98. The summed E-state index contributed by atoms with van der Waals surface area (Å²) in [6.45, 7) is 0. The first-order valence-corrected chi connectivity index (χ1v) is 7.84. The summed E-state index contributed by atoms with van der Waals surface area (Å²) in [4.78, 5) is 11.6. The van der Waals surface area contributed by atoms with Gasteiger partial charge in [-0.05, 0) is 24.3 Å². The predicted molar refractivity (Wildman–Crippen MR) is 97.4 cm³/mol. The van der Waals surface area contributed by atoms with Gasteiger partial charge in [-0.2, -0.15) is 5.26 Å². The molecule has 2 N–H and O–H groups in total. The first-order valence-electron chi connectivity index (χ1n) is 7.46. The molecule has 0 fully saturated rings. The molecule has 25 heavy (non-hydrogen) atoms. The molecule has 0 aliphatic carbocycles. The largest absolute Gasteiger partial charge is 0.497 e. The second-order valence-corrected chi connectivity index (χ2v) is 5.83. The molecular weight excluding hydrogens is 338 g/mol. The Kier molecular flexibility index (Phi) is 3.64. The Hall–Kier alpha value is -3.30. The highest BCUT2D eigenvalue weighted by atomic mass is 35.5. The zero-order valence-corrected chi connectivity index (χ0v) is 13.9. The minimum absolute atomic E-state index is 0.463. The summed E-state index contributed by atoms with van der Waals surface area (Å²) >= 11 is 6.30. The molecule has 0 saturated heterocycles. The van der Waals surface area contributed by atoms with Gasteiger partial charge in [0.15, 0.2) is 0 Å². The van der Waals surface area contributed by atoms with Crippen LogP contribution >= 0.6 is 11.6 Å². The van der Waals surface area contributed by atoms with E-state index in [0.717, 1.165) is 21.9 Å². The number of methoxy groups -OCH3 is 1. The van der Waals surface area contributed by atoms with Crippen molar-refractivity contribution in [3.8, 4) is 11.8 Å². The van der Waals surface area contributed by atoms with Crippen LogP contribution in [0.2, 0.25) is 5.02 Å². The van der Waals surface area contributed by atoms with Crippen LogP contribution in [-0.2, 0) is 0 Å². The van der Waals surface area contributed by atoms with E-state index >= 15 is 0 Å². The second-order valence-electron chi connectivity index (χ2n) is 5.42. The Morgan fingerprint density at radius 3 is 2.76 bits per heavy atom. The molecule has 122 valence electrons. The summed E-state index contributed by atoms with van der Waals surface area (Å²) in [5, 5.41) is 14.1. The van der Waals surface area contributed by atoms with Crippen molar-refractivity contribution in [1.29, 1.82) is 5.26 Å². The quantitative estimate of drug-likeness (QED) is 0.573. The van der Waals surface area contributed by atoms with Gasteiger partial charge in [-0.15, -0.1) is 0 Å². The summed E-state index contributed by atoms with van der Waals surface area (Å²) in [6, 6.07) is 11.3. The number of hydrogen-bond acceptors (Lipinski definition) is 5. The number of nitrogens with zero attached hydrogens (tertiary/aromatic N) is 3. The zero-order chi connectivity index (χ0) is 17.4. The van der Waals surface area contributed by atoms with Crippen molar-refractivity contribution in [2.45, 2.75) is 0 Å². The molecule has 4 aromatic rings. The average Bonchev–Trinajstić information content (AvgIpc) is 3.09. The topological polar surface area (TPSA) is 86.6 Å². The van der Waals surface area contributed by atoms with Crippen LogP contribution in [0.5, 0.6) is 5.75 Å². The molecule has 0 saturated carbocycles. The van der Waals surface area contributed by atoms with Crippen molar-refractivity contribution < 1.29 is 4.74 Å². The molecule has 2 heterocycles. The van der Waals surface area contributed by atoms with Crippen LogP contribution in [0.1, 0.15) is 5.56 Å². The molecule has 2 aromatic carbocycles. The molecule has 0 aliphatic heterocycles. The van der Waals surface area contributed by atoms with Crippen LogP contribution in [-0.4, -0.2) is 22.1 Å². The van der Waals surface area contributed by atoms with Gasteiger partial charge >= 0.3 is 0 Å². The molecule has 7 heteroatoms. The van der Waals surface area contributed by atoms with E-state index in [0.29, 0.717) is 27.7 Å². The highest BCUT2D eigenvalue weighted by Crippen LogP contribution is 2.35. The zero-order valence-electron chi connectivity index (χ0n) is 13.2. The van der Waals surface area contributed by atoms with Gasteiger partial charge in [0.05, 0.1) is 40.1 Å².